The zero-order valence-corrected chi connectivity index (χ0v) is 12.1. The molecule has 3 rings (SSSR count). The topological polar surface area (TPSA) is 105 Å². The molecule has 0 aliphatic carbocycles. The van der Waals surface area contributed by atoms with Crippen LogP contribution in [0.25, 0.3) is 5.95 Å². The Hall–Kier alpha value is -3.42. The lowest BCUT2D eigenvalue weighted by atomic mass is 10.2. The van der Waals surface area contributed by atoms with Crippen molar-refractivity contribution in [2.45, 2.75) is 6.54 Å². The number of H-pyrrole nitrogens is 1. The molecule has 0 spiro atoms. The molecule has 2 aromatic heterocycles. The standard InChI is InChI=1S/C15H14N6O2/c22-13-12(10-16-14(20-13)21-8-4-7-18-21)19-15(23)17-9-11-5-2-1-3-6-11/h1-8,10H,9H2,(H,16,20,22)(H2,17,19,23). The van der Waals surface area contributed by atoms with Crippen molar-refractivity contribution in [2.75, 3.05) is 5.32 Å². The van der Waals surface area contributed by atoms with Gasteiger partial charge >= 0.3 is 6.03 Å². The lowest BCUT2D eigenvalue weighted by molar-refractivity contribution is 0.251. The van der Waals surface area contributed by atoms with Crippen LogP contribution in [0.3, 0.4) is 0 Å². The first kappa shape index (κ1) is 14.5. The second-order valence-electron chi connectivity index (χ2n) is 4.69. The average Bonchev–Trinajstić information content (AvgIpc) is 3.10. The van der Waals surface area contributed by atoms with Crippen LogP contribution in [0.15, 0.2) is 59.8 Å². The van der Waals surface area contributed by atoms with Crippen LogP contribution in [0.4, 0.5) is 10.5 Å². The fourth-order valence-electron chi connectivity index (χ4n) is 1.93. The summed E-state index contributed by atoms with van der Waals surface area (Å²) in [5.41, 5.74) is 0.565. The van der Waals surface area contributed by atoms with E-state index in [9.17, 15) is 9.59 Å². The quantitative estimate of drug-likeness (QED) is 0.675. The number of aromatic amines is 1. The summed E-state index contributed by atoms with van der Waals surface area (Å²) in [5.74, 6) is 0.273. The summed E-state index contributed by atoms with van der Waals surface area (Å²) in [7, 11) is 0. The van der Waals surface area contributed by atoms with Gasteiger partial charge in [-0.3, -0.25) is 9.78 Å². The summed E-state index contributed by atoms with van der Waals surface area (Å²) in [6, 6.07) is 10.7. The van der Waals surface area contributed by atoms with Crippen molar-refractivity contribution >= 4 is 11.7 Å². The van der Waals surface area contributed by atoms with E-state index < -0.39 is 11.6 Å². The molecule has 23 heavy (non-hydrogen) atoms. The molecule has 0 fully saturated rings. The number of carbonyl (C=O) groups excluding carboxylic acids is 1. The summed E-state index contributed by atoms with van der Waals surface area (Å²) in [4.78, 5) is 30.4. The number of urea groups is 1. The van der Waals surface area contributed by atoms with E-state index in [-0.39, 0.29) is 11.6 Å². The predicted molar refractivity (Wildman–Crippen MR) is 84.3 cm³/mol. The molecular weight excluding hydrogens is 296 g/mol. The van der Waals surface area contributed by atoms with E-state index in [2.05, 4.69) is 25.7 Å². The minimum absolute atomic E-state index is 0.0615. The largest absolute Gasteiger partial charge is 0.334 e. The Morgan fingerprint density at radius 3 is 2.74 bits per heavy atom. The van der Waals surface area contributed by atoms with Gasteiger partial charge in [-0.2, -0.15) is 5.10 Å². The third-order valence-electron chi connectivity index (χ3n) is 3.05. The average molecular weight is 310 g/mol. The van der Waals surface area contributed by atoms with Crippen molar-refractivity contribution in [3.63, 3.8) is 0 Å². The molecule has 8 nitrogen and oxygen atoms in total. The molecular formula is C15H14N6O2. The first-order chi connectivity index (χ1) is 11.2. The van der Waals surface area contributed by atoms with Crippen molar-refractivity contribution in [3.05, 3.63) is 70.9 Å². The number of rotatable bonds is 4. The van der Waals surface area contributed by atoms with Crippen molar-refractivity contribution in [3.8, 4) is 5.95 Å². The number of anilines is 1. The Bertz CT molecular complexity index is 842. The van der Waals surface area contributed by atoms with Gasteiger partial charge in [0, 0.05) is 18.9 Å². The zero-order chi connectivity index (χ0) is 16.1. The minimum Gasteiger partial charge on any atom is -0.334 e. The van der Waals surface area contributed by atoms with Gasteiger partial charge in [0.15, 0.2) is 0 Å². The van der Waals surface area contributed by atoms with E-state index in [0.29, 0.717) is 6.54 Å². The van der Waals surface area contributed by atoms with Crippen molar-refractivity contribution < 1.29 is 4.79 Å². The van der Waals surface area contributed by atoms with Gasteiger partial charge in [-0.05, 0) is 11.6 Å². The third-order valence-corrected chi connectivity index (χ3v) is 3.05. The van der Waals surface area contributed by atoms with Gasteiger partial charge in [0.1, 0.15) is 5.69 Å². The third kappa shape index (κ3) is 3.62. The van der Waals surface area contributed by atoms with Crippen molar-refractivity contribution in [1.29, 1.82) is 0 Å². The van der Waals surface area contributed by atoms with Gasteiger partial charge in [0.2, 0.25) is 5.95 Å². The van der Waals surface area contributed by atoms with Crippen LogP contribution in [-0.2, 0) is 6.54 Å². The van der Waals surface area contributed by atoms with Gasteiger partial charge in [0.25, 0.3) is 5.56 Å². The molecule has 2 heterocycles. The molecule has 0 radical (unpaired) electrons. The molecule has 0 aliphatic rings. The molecule has 2 amide bonds. The van der Waals surface area contributed by atoms with E-state index in [1.807, 2.05) is 30.3 Å². The lowest BCUT2D eigenvalue weighted by Gasteiger charge is -2.07. The second-order valence-corrected chi connectivity index (χ2v) is 4.69. The first-order valence-corrected chi connectivity index (χ1v) is 6.90. The van der Waals surface area contributed by atoms with Gasteiger partial charge in [0.05, 0.1) is 6.20 Å². The van der Waals surface area contributed by atoms with Crippen LogP contribution in [0.5, 0.6) is 0 Å². The van der Waals surface area contributed by atoms with Crippen LogP contribution in [0.2, 0.25) is 0 Å². The maximum atomic E-state index is 12.0. The van der Waals surface area contributed by atoms with Crippen LogP contribution in [0.1, 0.15) is 5.56 Å². The van der Waals surface area contributed by atoms with E-state index >= 15 is 0 Å². The summed E-state index contributed by atoms with van der Waals surface area (Å²) in [5, 5.41) is 9.10. The molecule has 0 bridgehead atoms. The summed E-state index contributed by atoms with van der Waals surface area (Å²) in [6.45, 7) is 0.364. The normalized spacial score (nSPS) is 10.3. The van der Waals surface area contributed by atoms with Crippen molar-refractivity contribution in [2.24, 2.45) is 0 Å². The Balaban J connectivity index is 1.63. The lowest BCUT2D eigenvalue weighted by Crippen LogP contribution is -2.31. The Morgan fingerprint density at radius 2 is 2.04 bits per heavy atom. The Kier molecular flexibility index (Phi) is 4.14. The predicted octanol–water partition coefficient (Wildman–Crippen LogP) is 1.28. The molecule has 3 aromatic rings. The molecule has 0 saturated heterocycles. The fraction of sp³-hybridized carbons (Fsp3) is 0.0667. The molecule has 1 aromatic carbocycles. The van der Waals surface area contributed by atoms with Crippen LogP contribution < -0.4 is 16.2 Å². The number of hydrogen-bond acceptors (Lipinski definition) is 4. The maximum absolute atomic E-state index is 12.0. The summed E-state index contributed by atoms with van der Waals surface area (Å²) in [6.07, 6.45) is 4.51. The molecule has 0 aliphatic heterocycles. The maximum Gasteiger partial charge on any atom is 0.319 e. The number of carbonyl (C=O) groups is 1. The van der Waals surface area contributed by atoms with Gasteiger partial charge in [-0.1, -0.05) is 30.3 Å². The highest BCUT2D eigenvalue weighted by molar-refractivity contribution is 5.88. The number of hydrogen-bond donors (Lipinski definition) is 3. The highest BCUT2D eigenvalue weighted by Gasteiger charge is 2.08. The SMILES string of the molecule is O=C(NCc1ccccc1)Nc1cnc(-n2cccn2)[nH]c1=O. The van der Waals surface area contributed by atoms with Gasteiger partial charge in [-0.15, -0.1) is 0 Å². The van der Waals surface area contributed by atoms with E-state index in [1.54, 1.807) is 18.5 Å². The number of benzene rings is 1. The number of amides is 2. The van der Waals surface area contributed by atoms with E-state index in [0.717, 1.165) is 5.56 Å². The first-order valence-electron chi connectivity index (χ1n) is 6.90. The molecule has 0 unspecified atom stereocenters. The zero-order valence-electron chi connectivity index (χ0n) is 12.1. The minimum atomic E-state index is -0.479. The number of nitrogens with one attached hydrogen (secondary N) is 3. The van der Waals surface area contributed by atoms with E-state index in [4.69, 9.17) is 0 Å². The highest BCUT2D eigenvalue weighted by Crippen LogP contribution is 2.01. The Morgan fingerprint density at radius 1 is 1.22 bits per heavy atom. The molecule has 8 heteroatoms. The molecule has 0 saturated carbocycles. The van der Waals surface area contributed by atoms with Crippen LogP contribution in [0, 0.1) is 0 Å². The molecule has 0 atom stereocenters. The summed E-state index contributed by atoms with van der Waals surface area (Å²) < 4.78 is 1.42. The fourth-order valence-corrected chi connectivity index (χ4v) is 1.93. The monoisotopic (exact) mass is 310 g/mol. The highest BCUT2D eigenvalue weighted by atomic mass is 16.2. The number of aromatic nitrogens is 4. The Labute approximate surface area is 131 Å². The number of nitrogens with zero attached hydrogens (tertiary/aromatic N) is 3. The van der Waals surface area contributed by atoms with Gasteiger partial charge < -0.3 is 10.6 Å². The van der Waals surface area contributed by atoms with Gasteiger partial charge in [-0.25, -0.2) is 14.5 Å². The van der Waals surface area contributed by atoms with Crippen molar-refractivity contribution in [1.82, 2.24) is 25.1 Å². The summed E-state index contributed by atoms with van der Waals surface area (Å²) >= 11 is 0. The molecule has 116 valence electrons. The van der Waals surface area contributed by atoms with Crippen LogP contribution in [-0.4, -0.2) is 25.8 Å². The second kappa shape index (κ2) is 6.56. The van der Waals surface area contributed by atoms with Crippen LogP contribution >= 0.6 is 0 Å². The smallest absolute Gasteiger partial charge is 0.319 e. The van der Waals surface area contributed by atoms with E-state index in [1.165, 1.54) is 10.9 Å². The molecule has 3 N–H and O–H groups in total.